The van der Waals surface area contributed by atoms with E-state index in [0.717, 1.165) is 56.0 Å². The van der Waals surface area contributed by atoms with Gasteiger partial charge in [0.25, 0.3) is 0 Å². The lowest BCUT2D eigenvalue weighted by Crippen LogP contribution is -2.19. The van der Waals surface area contributed by atoms with E-state index in [9.17, 15) is 4.79 Å². The van der Waals surface area contributed by atoms with Gasteiger partial charge in [-0.05, 0) is 31.6 Å². The van der Waals surface area contributed by atoms with Crippen LogP contribution in [0.1, 0.15) is 49.6 Å². The lowest BCUT2D eigenvalue weighted by molar-refractivity contribution is -0.117. The third-order valence-corrected chi connectivity index (χ3v) is 4.92. The van der Waals surface area contributed by atoms with Crippen LogP contribution in [0.15, 0.2) is 18.6 Å². The van der Waals surface area contributed by atoms with Crippen molar-refractivity contribution >= 4 is 23.4 Å². The van der Waals surface area contributed by atoms with E-state index in [1.807, 2.05) is 17.1 Å². The smallest absolute Gasteiger partial charge is 0.229 e. The Morgan fingerprint density at radius 1 is 1.26 bits per heavy atom. The molecule has 4 N–H and O–H groups in total. The Morgan fingerprint density at radius 2 is 2.07 bits per heavy atom. The van der Waals surface area contributed by atoms with Gasteiger partial charge in [0.15, 0.2) is 0 Å². The number of aromatic nitrogens is 4. The number of carbonyl (C=O) groups excluding carboxylic acids is 1. The second-order valence-corrected chi connectivity index (χ2v) is 7.09. The number of nitrogens with two attached hydrogens (primary N) is 1. The Morgan fingerprint density at radius 3 is 2.81 bits per heavy atom. The van der Waals surface area contributed by atoms with Crippen molar-refractivity contribution in [3.05, 3.63) is 24.2 Å². The quantitative estimate of drug-likeness (QED) is 0.648. The van der Waals surface area contributed by atoms with Crippen molar-refractivity contribution in [2.75, 3.05) is 30.4 Å². The number of primary amides is 1. The Bertz CT molecular complexity index is 797. The van der Waals surface area contributed by atoms with E-state index in [1.165, 1.54) is 0 Å². The highest BCUT2D eigenvalue weighted by Crippen LogP contribution is 2.42. The number of ether oxygens (including phenoxy) is 1. The van der Waals surface area contributed by atoms with Crippen molar-refractivity contribution in [3.63, 3.8) is 0 Å². The zero-order chi connectivity index (χ0) is 18.6. The average Bonchev–Trinajstić information content (AvgIpc) is 3.41. The van der Waals surface area contributed by atoms with Gasteiger partial charge in [-0.15, -0.1) is 0 Å². The van der Waals surface area contributed by atoms with Gasteiger partial charge in [0.05, 0.1) is 17.9 Å². The van der Waals surface area contributed by atoms with E-state index < -0.39 is 0 Å². The molecule has 1 saturated carbocycles. The van der Waals surface area contributed by atoms with E-state index in [0.29, 0.717) is 24.5 Å². The van der Waals surface area contributed by atoms with Gasteiger partial charge in [-0.3, -0.25) is 9.48 Å². The molecule has 2 aromatic heterocycles. The first-order valence-corrected chi connectivity index (χ1v) is 9.47. The second-order valence-electron chi connectivity index (χ2n) is 7.09. The fraction of sp³-hybridized carbons (Fsp3) is 0.556. The highest BCUT2D eigenvalue weighted by Gasteiger charge is 2.27. The van der Waals surface area contributed by atoms with Crippen molar-refractivity contribution < 1.29 is 9.53 Å². The Kier molecular flexibility index (Phi) is 5.19. The van der Waals surface area contributed by atoms with Crippen LogP contribution < -0.4 is 16.4 Å². The number of rotatable bonds is 8. The average molecular weight is 371 g/mol. The lowest BCUT2D eigenvalue weighted by atomic mass is 10.1. The molecule has 1 aliphatic carbocycles. The van der Waals surface area contributed by atoms with Crippen molar-refractivity contribution in [2.24, 2.45) is 5.73 Å². The molecular weight excluding hydrogens is 346 g/mol. The molecule has 1 aliphatic heterocycles. The molecule has 3 heterocycles. The summed E-state index contributed by atoms with van der Waals surface area (Å²) in [5.41, 5.74) is 7.17. The van der Waals surface area contributed by atoms with E-state index in [1.54, 1.807) is 6.20 Å². The molecule has 9 nitrogen and oxygen atoms in total. The molecule has 0 unspecified atom stereocenters. The number of nitrogens with one attached hydrogen (secondary N) is 2. The summed E-state index contributed by atoms with van der Waals surface area (Å²) in [7, 11) is 0. The number of hydrogen-bond acceptors (Lipinski definition) is 7. The number of amides is 1. The summed E-state index contributed by atoms with van der Waals surface area (Å²) in [4.78, 5) is 20.0. The lowest BCUT2D eigenvalue weighted by Gasteiger charge is -2.22. The van der Waals surface area contributed by atoms with Gasteiger partial charge in [-0.25, -0.2) is 4.98 Å². The van der Waals surface area contributed by atoms with E-state index >= 15 is 0 Å². The van der Waals surface area contributed by atoms with Crippen LogP contribution in [0.5, 0.6) is 0 Å². The Labute approximate surface area is 157 Å². The first kappa shape index (κ1) is 17.7. The minimum Gasteiger partial charge on any atom is -0.381 e. The number of nitrogens with zero attached hydrogens (tertiary/aromatic N) is 4. The summed E-state index contributed by atoms with van der Waals surface area (Å²) in [6, 6.07) is 0.374. The molecule has 0 aromatic carbocycles. The number of carbonyl (C=O) groups is 1. The van der Waals surface area contributed by atoms with Crippen molar-refractivity contribution in [1.29, 1.82) is 0 Å². The van der Waals surface area contributed by atoms with Gasteiger partial charge in [0.2, 0.25) is 11.9 Å². The van der Waals surface area contributed by atoms with Crippen LogP contribution in [0.3, 0.4) is 0 Å². The predicted molar refractivity (Wildman–Crippen MR) is 101 cm³/mol. The monoisotopic (exact) mass is 371 g/mol. The van der Waals surface area contributed by atoms with Gasteiger partial charge in [0, 0.05) is 44.1 Å². The summed E-state index contributed by atoms with van der Waals surface area (Å²) in [6.07, 6.45) is 10.2. The fourth-order valence-electron chi connectivity index (χ4n) is 3.27. The normalized spacial score (nSPS) is 17.6. The molecule has 1 saturated heterocycles. The molecule has 2 aliphatic rings. The maximum atomic E-state index is 11.0. The third-order valence-electron chi connectivity index (χ3n) is 4.92. The van der Waals surface area contributed by atoms with Crippen LogP contribution in [-0.2, 0) is 9.53 Å². The summed E-state index contributed by atoms with van der Waals surface area (Å²) in [6.45, 7) is 2.02. The molecule has 2 fully saturated rings. The van der Waals surface area contributed by atoms with Crippen LogP contribution in [0, 0.1) is 0 Å². The molecule has 2 aromatic rings. The molecule has 9 heteroatoms. The van der Waals surface area contributed by atoms with Crippen LogP contribution in [0.25, 0.3) is 0 Å². The summed E-state index contributed by atoms with van der Waals surface area (Å²) in [5.74, 6) is 1.45. The number of hydrogen-bond donors (Lipinski definition) is 3. The Balaban J connectivity index is 1.45. The van der Waals surface area contributed by atoms with Gasteiger partial charge >= 0.3 is 0 Å². The molecule has 4 rings (SSSR count). The highest BCUT2D eigenvalue weighted by molar-refractivity contribution is 5.74. The molecule has 144 valence electrons. The minimum atomic E-state index is -0.330. The van der Waals surface area contributed by atoms with E-state index in [2.05, 4.69) is 25.7 Å². The van der Waals surface area contributed by atoms with Crippen LogP contribution >= 0.6 is 0 Å². The minimum absolute atomic E-state index is 0.273. The van der Waals surface area contributed by atoms with Crippen molar-refractivity contribution in [3.8, 4) is 0 Å². The summed E-state index contributed by atoms with van der Waals surface area (Å²) < 4.78 is 7.39. The summed E-state index contributed by atoms with van der Waals surface area (Å²) in [5, 5.41) is 10.9. The molecule has 0 radical (unpaired) electrons. The molecule has 0 spiro atoms. The highest BCUT2D eigenvalue weighted by atomic mass is 16.5. The van der Waals surface area contributed by atoms with E-state index in [-0.39, 0.29) is 12.3 Å². The maximum Gasteiger partial charge on any atom is 0.229 e. The van der Waals surface area contributed by atoms with Crippen LogP contribution in [0.4, 0.5) is 17.5 Å². The van der Waals surface area contributed by atoms with E-state index in [4.69, 9.17) is 10.5 Å². The van der Waals surface area contributed by atoms with Crippen molar-refractivity contribution in [2.45, 2.75) is 44.1 Å². The molecule has 0 bridgehead atoms. The third kappa shape index (κ3) is 4.54. The standard InChI is InChI=1S/C18H25N7O2/c19-16(26)3-6-20-17-15(12-1-2-12)10-21-18(24-17)23-13-9-22-25(11-13)14-4-7-27-8-5-14/h9-12,14H,1-8H2,(H2,19,26)(H2,20,21,23,24). The zero-order valence-electron chi connectivity index (χ0n) is 15.2. The molecular formula is C18H25N7O2. The molecule has 1 amide bonds. The first-order chi connectivity index (χ1) is 13.2. The summed E-state index contributed by atoms with van der Waals surface area (Å²) >= 11 is 0. The first-order valence-electron chi connectivity index (χ1n) is 9.47. The topological polar surface area (TPSA) is 120 Å². The van der Waals surface area contributed by atoms with Crippen LogP contribution in [0.2, 0.25) is 0 Å². The fourth-order valence-corrected chi connectivity index (χ4v) is 3.27. The SMILES string of the molecule is NC(=O)CCNc1nc(Nc2cnn(C3CCOCC3)c2)ncc1C1CC1. The second kappa shape index (κ2) is 7.91. The largest absolute Gasteiger partial charge is 0.381 e. The van der Waals surface area contributed by atoms with Gasteiger partial charge in [-0.2, -0.15) is 10.1 Å². The molecule has 0 atom stereocenters. The van der Waals surface area contributed by atoms with Gasteiger partial charge < -0.3 is 21.1 Å². The maximum absolute atomic E-state index is 11.0. The number of anilines is 3. The van der Waals surface area contributed by atoms with Gasteiger partial charge in [0.1, 0.15) is 5.82 Å². The van der Waals surface area contributed by atoms with Crippen molar-refractivity contribution in [1.82, 2.24) is 19.7 Å². The molecule has 27 heavy (non-hydrogen) atoms. The van der Waals surface area contributed by atoms with Gasteiger partial charge in [-0.1, -0.05) is 0 Å². The Hall–Kier alpha value is -2.68. The van der Waals surface area contributed by atoms with Crippen LogP contribution in [-0.4, -0.2) is 45.4 Å². The predicted octanol–water partition coefficient (Wildman–Crippen LogP) is 1.93. The zero-order valence-corrected chi connectivity index (χ0v) is 15.2.